The van der Waals surface area contributed by atoms with Crippen LogP contribution < -0.4 is 16.0 Å². The number of ether oxygens (including phenoxy) is 1. The van der Waals surface area contributed by atoms with Crippen LogP contribution >= 0.6 is 0 Å². The van der Waals surface area contributed by atoms with Gasteiger partial charge in [-0.2, -0.15) is 0 Å². The summed E-state index contributed by atoms with van der Waals surface area (Å²) in [6.07, 6.45) is -0.0499. The quantitative estimate of drug-likeness (QED) is 0.504. The molecular weight excluding hydrogens is 386 g/mol. The molecule has 1 heterocycles. The van der Waals surface area contributed by atoms with Crippen molar-refractivity contribution in [2.75, 3.05) is 17.2 Å². The van der Waals surface area contributed by atoms with Gasteiger partial charge in [-0.1, -0.05) is 18.2 Å². The minimum absolute atomic E-state index is 0.0236. The van der Waals surface area contributed by atoms with Gasteiger partial charge in [-0.15, -0.1) is 0 Å². The van der Waals surface area contributed by atoms with Crippen molar-refractivity contribution >= 4 is 34.8 Å². The number of carbonyl (C=O) groups is 3. The second kappa shape index (κ2) is 10.4. The summed E-state index contributed by atoms with van der Waals surface area (Å²) in [6, 6.07) is 16.7. The lowest BCUT2D eigenvalue weighted by atomic mass is 10.1. The van der Waals surface area contributed by atoms with E-state index in [4.69, 9.17) is 9.84 Å². The molecule has 0 spiro atoms. The lowest BCUT2D eigenvalue weighted by Gasteiger charge is -2.18. The molecule has 1 aliphatic rings. The molecule has 0 radical (unpaired) electrons. The Balaban J connectivity index is 1.41. The van der Waals surface area contributed by atoms with Gasteiger partial charge in [0.1, 0.15) is 0 Å². The average Bonchev–Trinajstić information content (AvgIpc) is 3.14. The van der Waals surface area contributed by atoms with E-state index in [1.807, 2.05) is 42.5 Å². The summed E-state index contributed by atoms with van der Waals surface area (Å²) in [5.74, 6) is -1.53. The molecule has 2 aromatic rings. The molecule has 1 saturated heterocycles. The van der Waals surface area contributed by atoms with Crippen molar-refractivity contribution in [1.29, 1.82) is 0 Å². The van der Waals surface area contributed by atoms with Crippen LogP contribution in [0.4, 0.5) is 17.1 Å². The average molecular weight is 411 g/mol. The Kier molecular flexibility index (Phi) is 7.40. The van der Waals surface area contributed by atoms with Crippen LogP contribution in [0.1, 0.15) is 25.7 Å². The van der Waals surface area contributed by atoms with Crippen molar-refractivity contribution in [3.05, 3.63) is 54.6 Å². The van der Waals surface area contributed by atoms with E-state index in [9.17, 15) is 14.4 Å². The van der Waals surface area contributed by atoms with Crippen LogP contribution in [0.25, 0.3) is 0 Å². The largest absolute Gasteiger partial charge is 0.481 e. The van der Waals surface area contributed by atoms with E-state index < -0.39 is 12.1 Å². The van der Waals surface area contributed by atoms with Gasteiger partial charge in [0, 0.05) is 36.5 Å². The minimum atomic E-state index is -0.967. The number of hydrogen-bond donors (Lipinski definition) is 4. The van der Waals surface area contributed by atoms with E-state index in [2.05, 4.69) is 16.0 Å². The van der Waals surface area contributed by atoms with Crippen molar-refractivity contribution in [3.8, 4) is 0 Å². The third-order valence-corrected chi connectivity index (χ3v) is 4.74. The summed E-state index contributed by atoms with van der Waals surface area (Å²) in [5, 5.41) is 17.7. The zero-order chi connectivity index (χ0) is 21.3. The minimum Gasteiger partial charge on any atom is -0.481 e. The molecule has 2 atom stereocenters. The van der Waals surface area contributed by atoms with Gasteiger partial charge in [0.05, 0.1) is 18.6 Å². The molecule has 0 bridgehead atoms. The van der Waals surface area contributed by atoms with E-state index in [0.717, 1.165) is 11.4 Å². The highest BCUT2D eigenvalue weighted by atomic mass is 16.5. The maximum atomic E-state index is 12.1. The van der Waals surface area contributed by atoms with Crippen LogP contribution in [-0.2, 0) is 19.1 Å². The number of para-hydroxylation sites is 1. The van der Waals surface area contributed by atoms with E-state index in [1.54, 1.807) is 12.1 Å². The Morgan fingerprint density at radius 1 is 0.900 bits per heavy atom. The van der Waals surface area contributed by atoms with Crippen molar-refractivity contribution in [1.82, 2.24) is 5.32 Å². The Hall–Kier alpha value is -3.39. The molecule has 3 rings (SSSR count). The maximum absolute atomic E-state index is 12.1. The first-order chi connectivity index (χ1) is 14.5. The summed E-state index contributed by atoms with van der Waals surface area (Å²) in [6.45, 7) is 0.415. The van der Waals surface area contributed by atoms with Crippen molar-refractivity contribution < 1.29 is 24.2 Å². The predicted molar refractivity (Wildman–Crippen MR) is 113 cm³/mol. The molecule has 2 amide bonds. The highest BCUT2D eigenvalue weighted by Gasteiger charge is 2.31. The highest BCUT2D eigenvalue weighted by Crippen LogP contribution is 2.19. The highest BCUT2D eigenvalue weighted by molar-refractivity contribution is 5.93. The number of rotatable bonds is 9. The van der Waals surface area contributed by atoms with Gasteiger partial charge in [0.25, 0.3) is 0 Å². The molecule has 30 heavy (non-hydrogen) atoms. The van der Waals surface area contributed by atoms with E-state index >= 15 is 0 Å². The summed E-state index contributed by atoms with van der Waals surface area (Å²) in [5.41, 5.74) is 2.51. The van der Waals surface area contributed by atoms with E-state index in [0.29, 0.717) is 18.7 Å². The Morgan fingerprint density at radius 2 is 1.53 bits per heavy atom. The first-order valence-corrected chi connectivity index (χ1v) is 9.84. The second-order valence-electron chi connectivity index (χ2n) is 7.09. The van der Waals surface area contributed by atoms with Crippen LogP contribution in [-0.4, -0.2) is 41.6 Å². The van der Waals surface area contributed by atoms with E-state index in [1.165, 1.54) is 0 Å². The van der Waals surface area contributed by atoms with Crippen molar-refractivity contribution in [3.63, 3.8) is 0 Å². The van der Waals surface area contributed by atoms with Gasteiger partial charge < -0.3 is 25.8 Å². The van der Waals surface area contributed by atoms with Crippen LogP contribution in [0, 0.1) is 0 Å². The molecule has 8 heteroatoms. The molecular formula is C22H25N3O5. The Morgan fingerprint density at radius 3 is 2.23 bits per heavy atom. The monoisotopic (exact) mass is 411 g/mol. The molecule has 0 aliphatic carbocycles. The fourth-order valence-electron chi connectivity index (χ4n) is 3.24. The third-order valence-electron chi connectivity index (χ3n) is 4.74. The Labute approximate surface area is 174 Å². The predicted octanol–water partition coefficient (Wildman–Crippen LogP) is 2.90. The number of carboxylic acid groups (broad SMARTS) is 1. The van der Waals surface area contributed by atoms with E-state index in [-0.39, 0.29) is 37.1 Å². The second-order valence-corrected chi connectivity index (χ2v) is 7.09. The first-order valence-electron chi connectivity index (χ1n) is 9.84. The third kappa shape index (κ3) is 6.59. The van der Waals surface area contributed by atoms with Crippen molar-refractivity contribution in [2.24, 2.45) is 0 Å². The van der Waals surface area contributed by atoms with Gasteiger partial charge in [0.15, 0.2) is 0 Å². The van der Waals surface area contributed by atoms with Crippen molar-refractivity contribution in [2.45, 2.75) is 37.8 Å². The summed E-state index contributed by atoms with van der Waals surface area (Å²) in [7, 11) is 0. The maximum Gasteiger partial charge on any atom is 0.306 e. The number of carboxylic acids is 1. The number of aliphatic carboxylic acids is 1. The summed E-state index contributed by atoms with van der Waals surface area (Å²) >= 11 is 0. The molecule has 1 aliphatic heterocycles. The van der Waals surface area contributed by atoms with Crippen LogP contribution in [0.3, 0.4) is 0 Å². The van der Waals surface area contributed by atoms with Crippen LogP contribution in [0.15, 0.2) is 54.6 Å². The lowest BCUT2D eigenvalue weighted by Crippen LogP contribution is -2.41. The van der Waals surface area contributed by atoms with Gasteiger partial charge in [-0.3, -0.25) is 14.4 Å². The fourth-order valence-corrected chi connectivity index (χ4v) is 3.24. The fraction of sp³-hybridized carbons (Fsp3) is 0.318. The number of amides is 2. The molecule has 0 aromatic heterocycles. The first kappa shape index (κ1) is 21.3. The Bertz CT molecular complexity index is 870. The number of hydrogen-bond acceptors (Lipinski definition) is 5. The van der Waals surface area contributed by atoms with Gasteiger partial charge in [0.2, 0.25) is 11.8 Å². The van der Waals surface area contributed by atoms with Gasteiger partial charge in [-0.05, 0) is 42.8 Å². The summed E-state index contributed by atoms with van der Waals surface area (Å²) < 4.78 is 5.35. The normalized spacial score (nSPS) is 17.9. The number of anilines is 3. The zero-order valence-corrected chi connectivity index (χ0v) is 16.5. The van der Waals surface area contributed by atoms with Crippen LogP contribution in [0.5, 0.6) is 0 Å². The zero-order valence-electron chi connectivity index (χ0n) is 16.5. The molecule has 2 aromatic carbocycles. The number of carbonyl (C=O) groups excluding carboxylic acids is 2. The smallest absolute Gasteiger partial charge is 0.306 e. The standard InChI is InChI=1S/C22H25N3O5/c26-20(10-11-21(27)25-18-12-13-30-19(18)14-22(28)29)24-17-8-6-16(7-9-17)23-15-4-2-1-3-5-15/h1-9,18-19,23H,10-14H2,(H,24,26)(H,25,27)(H,28,29)/t18-,19?/m0/s1. The topological polar surface area (TPSA) is 117 Å². The summed E-state index contributed by atoms with van der Waals surface area (Å²) in [4.78, 5) is 35.1. The molecule has 158 valence electrons. The number of benzene rings is 2. The molecule has 0 saturated carbocycles. The van der Waals surface area contributed by atoms with Gasteiger partial charge >= 0.3 is 5.97 Å². The van der Waals surface area contributed by atoms with Gasteiger partial charge in [-0.25, -0.2) is 0 Å². The molecule has 1 unspecified atom stereocenters. The number of nitrogens with one attached hydrogen (secondary N) is 3. The molecule has 4 N–H and O–H groups in total. The molecule has 1 fully saturated rings. The molecule has 8 nitrogen and oxygen atoms in total. The SMILES string of the molecule is O=C(O)CC1OCC[C@@H]1NC(=O)CCC(=O)Nc1ccc(Nc2ccccc2)cc1. The lowest BCUT2D eigenvalue weighted by molar-refractivity contribution is -0.140. The van der Waals surface area contributed by atoms with Crippen LogP contribution in [0.2, 0.25) is 0 Å².